The summed E-state index contributed by atoms with van der Waals surface area (Å²) in [5.74, 6) is 7.28. The van der Waals surface area contributed by atoms with Crippen LogP contribution in [0.3, 0.4) is 0 Å². The van der Waals surface area contributed by atoms with Crippen LogP contribution < -0.4 is 11.2 Å². The number of carbonyl (C=O) groups excluding carboxylic acids is 1. The van der Waals surface area contributed by atoms with Gasteiger partial charge in [0.25, 0.3) is 0 Å². The Kier molecular flexibility index (Phi) is 4.26. The van der Waals surface area contributed by atoms with Gasteiger partial charge < -0.3 is 11.2 Å². The number of benzene rings is 1. The van der Waals surface area contributed by atoms with Crippen LogP contribution in [-0.4, -0.2) is 26.5 Å². The number of halogens is 1. The molecule has 0 aliphatic heterocycles. The van der Waals surface area contributed by atoms with Crippen molar-refractivity contribution in [3.63, 3.8) is 0 Å². The van der Waals surface area contributed by atoms with Crippen molar-refractivity contribution in [1.82, 2.24) is 14.9 Å². The van der Waals surface area contributed by atoms with Gasteiger partial charge in [-0.05, 0) is 43.5 Å². The number of aryl methyl sites for hydroxylation is 1. The van der Waals surface area contributed by atoms with Crippen LogP contribution in [0.5, 0.6) is 0 Å². The van der Waals surface area contributed by atoms with E-state index in [2.05, 4.69) is 15.5 Å². The van der Waals surface area contributed by atoms with Crippen molar-refractivity contribution in [2.24, 2.45) is 0 Å². The Bertz CT molecular complexity index is 713. The van der Waals surface area contributed by atoms with E-state index >= 15 is 0 Å². The van der Waals surface area contributed by atoms with Gasteiger partial charge in [-0.2, -0.15) is 0 Å². The van der Waals surface area contributed by atoms with Crippen molar-refractivity contribution in [2.45, 2.75) is 30.8 Å². The Morgan fingerprint density at radius 1 is 1.50 bits per heavy atom. The van der Waals surface area contributed by atoms with Crippen molar-refractivity contribution in [1.29, 1.82) is 0 Å². The number of nitrogens with two attached hydrogens (primary N) is 1. The first-order valence-corrected chi connectivity index (χ1v) is 8.30. The lowest BCUT2D eigenvalue weighted by Crippen LogP contribution is -2.17. The molecule has 0 radical (unpaired) electrons. The first kappa shape index (κ1) is 15.2. The van der Waals surface area contributed by atoms with Crippen molar-refractivity contribution in [2.75, 3.05) is 16.9 Å². The summed E-state index contributed by atoms with van der Waals surface area (Å²) in [6.45, 7) is 1.90. The van der Waals surface area contributed by atoms with Crippen LogP contribution in [0.2, 0.25) is 5.02 Å². The molecule has 0 unspecified atom stereocenters. The number of amides is 1. The predicted molar refractivity (Wildman–Crippen MR) is 87.7 cm³/mol. The number of aromatic nitrogens is 3. The molecule has 0 spiro atoms. The molecule has 0 bridgehead atoms. The number of hydrogen-bond acceptors (Lipinski definition) is 5. The van der Waals surface area contributed by atoms with Crippen molar-refractivity contribution < 1.29 is 4.79 Å². The van der Waals surface area contributed by atoms with Gasteiger partial charge in [-0.25, -0.2) is 4.68 Å². The molecule has 3 rings (SSSR count). The highest BCUT2D eigenvalue weighted by molar-refractivity contribution is 7.99. The first-order valence-electron chi connectivity index (χ1n) is 6.94. The number of anilines is 1. The number of thioether (sulfide) groups is 1. The molecule has 22 heavy (non-hydrogen) atoms. The SMILES string of the molecule is Cc1cc(Cl)ccc1NC(=O)CSc1nnc(C2CC2)n1N. The topological polar surface area (TPSA) is 85.8 Å². The number of nitrogens with one attached hydrogen (secondary N) is 1. The van der Waals surface area contributed by atoms with Crippen LogP contribution in [0.1, 0.15) is 30.1 Å². The van der Waals surface area contributed by atoms with Crippen molar-refractivity contribution in [3.8, 4) is 0 Å². The van der Waals surface area contributed by atoms with Crippen LogP contribution in [0.15, 0.2) is 23.4 Å². The molecule has 0 atom stereocenters. The Labute approximate surface area is 137 Å². The standard InChI is InChI=1S/C14H16ClN5OS/c1-8-6-10(15)4-5-11(8)17-12(21)7-22-14-19-18-13(20(14)16)9-2-3-9/h4-6,9H,2-3,7,16H2,1H3,(H,17,21). The summed E-state index contributed by atoms with van der Waals surface area (Å²) in [4.78, 5) is 12.0. The number of nitrogens with zero attached hydrogens (tertiary/aromatic N) is 3. The van der Waals surface area contributed by atoms with Gasteiger partial charge in [-0.15, -0.1) is 10.2 Å². The molecular formula is C14H16ClN5OS. The summed E-state index contributed by atoms with van der Waals surface area (Å²) in [7, 11) is 0. The zero-order chi connectivity index (χ0) is 15.7. The zero-order valence-electron chi connectivity index (χ0n) is 12.0. The molecule has 6 nitrogen and oxygen atoms in total. The predicted octanol–water partition coefficient (Wildman–Crippen LogP) is 2.56. The third-order valence-corrected chi connectivity index (χ3v) is 4.61. The van der Waals surface area contributed by atoms with E-state index in [1.54, 1.807) is 12.1 Å². The maximum Gasteiger partial charge on any atom is 0.234 e. The molecule has 1 heterocycles. The molecule has 1 aliphatic rings. The van der Waals surface area contributed by atoms with Crippen molar-refractivity contribution >= 4 is 35.0 Å². The molecule has 1 amide bonds. The summed E-state index contributed by atoms with van der Waals surface area (Å²) in [6, 6.07) is 5.34. The van der Waals surface area contributed by atoms with Gasteiger partial charge in [0.1, 0.15) is 0 Å². The highest BCUT2D eigenvalue weighted by atomic mass is 35.5. The second-order valence-corrected chi connectivity index (χ2v) is 6.66. The van der Waals surface area contributed by atoms with Crippen LogP contribution >= 0.6 is 23.4 Å². The van der Waals surface area contributed by atoms with Crippen LogP contribution in [0.4, 0.5) is 5.69 Å². The first-order chi connectivity index (χ1) is 10.5. The third-order valence-electron chi connectivity index (χ3n) is 3.43. The molecular weight excluding hydrogens is 322 g/mol. The van der Waals surface area contributed by atoms with E-state index in [-0.39, 0.29) is 11.7 Å². The van der Waals surface area contributed by atoms with E-state index in [0.717, 1.165) is 29.9 Å². The van der Waals surface area contributed by atoms with E-state index in [1.807, 2.05) is 13.0 Å². The molecule has 1 saturated carbocycles. The van der Waals surface area contributed by atoms with E-state index in [4.69, 9.17) is 17.4 Å². The maximum absolute atomic E-state index is 12.0. The molecule has 1 aliphatic carbocycles. The van der Waals surface area contributed by atoms with Crippen LogP contribution in [0, 0.1) is 6.92 Å². The van der Waals surface area contributed by atoms with Crippen LogP contribution in [-0.2, 0) is 4.79 Å². The molecule has 8 heteroatoms. The summed E-state index contributed by atoms with van der Waals surface area (Å²) in [5, 5.41) is 12.2. The fourth-order valence-electron chi connectivity index (χ4n) is 2.09. The average Bonchev–Trinajstić information content (AvgIpc) is 3.24. The average molecular weight is 338 g/mol. The fraction of sp³-hybridized carbons (Fsp3) is 0.357. The number of carbonyl (C=O) groups is 1. The largest absolute Gasteiger partial charge is 0.336 e. The number of hydrogen-bond donors (Lipinski definition) is 2. The number of nitrogen functional groups attached to an aromatic ring is 1. The Balaban J connectivity index is 1.58. The van der Waals surface area contributed by atoms with E-state index in [1.165, 1.54) is 16.4 Å². The molecule has 1 fully saturated rings. The van der Waals surface area contributed by atoms with Gasteiger partial charge in [0.2, 0.25) is 11.1 Å². The van der Waals surface area contributed by atoms with E-state index in [0.29, 0.717) is 16.1 Å². The van der Waals surface area contributed by atoms with Crippen molar-refractivity contribution in [3.05, 3.63) is 34.6 Å². The Morgan fingerprint density at radius 3 is 2.95 bits per heavy atom. The van der Waals surface area contributed by atoms with Gasteiger partial charge in [0.15, 0.2) is 5.82 Å². The normalized spacial score (nSPS) is 14.1. The van der Waals surface area contributed by atoms with Gasteiger partial charge in [-0.3, -0.25) is 4.79 Å². The fourth-order valence-corrected chi connectivity index (χ4v) is 2.98. The quantitative estimate of drug-likeness (QED) is 0.647. The van der Waals surface area contributed by atoms with E-state index < -0.39 is 0 Å². The van der Waals surface area contributed by atoms with Crippen LogP contribution in [0.25, 0.3) is 0 Å². The molecule has 2 aromatic rings. The zero-order valence-corrected chi connectivity index (χ0v) is 13.6. The third kappa shape index (κ3) is 3.36. The summed E-state index contributed by atoms with van der Waals surface area (Å²) in [6.07, 6.45) is 2.21. The monoisotopic (exact) mass is 337 g/mol. The minimum absolute atomic E-state index is 0.119. The lowest BCUT2D eigenvalue weighted by atomic mass is 10.2. The lowest BCUT2D eigenvalue weighted by molar-refractivity contribution is -0.113. The Morgan fingerprint density at radius 2 is 2.27 bits per heavy atom. The highest BCUT2D eigenvalue weighted by Crippen LogP contribution is 2.39. The molecule has 1 aromatic carbocycles. The summed E-state index contributed by atoms with van der Waals surface area (Å²) >= 11 is 7.17. The van der Waals surface area contributed by atoms with Gasteiger partial charge >= 0.3 is 0 Å². The second-order valence-electron chi connectivity index (χ2n) is 5.28. The molecule has 116 valence electrons. The molecule has 0 saturated heterocycles. The Hall–Kier alpha value is -1.73. The van der Waals surface area contributed by atoms with E-state index in [9.17, 15) is 4.79 Å². The highest BCUT2D eigenvalue weighted by Gasteiger charge is 2.30. The maximum atomic E-state index is 12.0. The minimum Gasteiger partial charge on any atom is -0.336 e. The van der Waals surface area contributed by atoms with Gasteiger partial charge in [0.05, 0.1) is 5.75 Å². The van der Waals surface area contributed by atoms with Gasteiger partial charge in [0, 0.05) is 16.6 Å². The molecule has 3 N–H and O–H groups in total. The second kappa shape index (κ2) is 6.18. The summed E-state index contributed by atoms with van der Waals surface area (Å²) in [5.41, 5.74) is 1.67. The smallest absolute Gasteiger partial charge is 0.234 e. The minimum atomic E-state index is -0.119. The number of rotatable bonds is 5. The lowest BCUT2D eigenvalue weighted by Gasteiger charge is -2.08. The van der Waals surface area contributed by atoms with Gasteiger partial charge in [-0.1, -0.05) is 23.4 Å². The summed E-state index contributed by atoms with van der Waals surface area (Å²) < 4.78 is 1.49. The molecule has 1 aromatic heterocycles.